The average molecular weight is 472 g/mol. The van der Waals surface area contributed by atoms with Crippen LogP contribution in [0.2, 0.25) is 0 Å². The quantitative estimate of drug-likeness (QED) is 0.326. The zero-order chi connectivity index (χ0) is 21.2. The summed E-state index contributed by atoms with van der Waals surface area (Å²) >= 11 is 0. The van der Waals surface area contributed by atoms with E-state index in [4.69, 9.17) is 4.74 Å². The molecule has 0 aromatic heterocycles. The van der Waals surface area contributed by atoms with Crippen LogP contribution in [0.25, 0.3) is 0 Å². The number of quaternary nitrogens is 1. The van der Waals surface area contributed by atoms with E-state index in [1.54, 1.807) is 0 Å². The predicted molar refractivity (Wildman–Crippen MR) is 119 cm³/mol. The lowest BCUT2D eigenvalue weighted by molar-refractivity contribution is -0.883. The highest BCUT2D eigenvalue weighted by atomic mass is 79.9. The molecule has 29 heavy (non-hydrogen) atoms. The Bertz CT molecular complexity index is 597. The molecule has 1 aromatic carbocycles. The molecule has 0 heterocycles. The summed E-state index contributed by atoms with van der Waals surface area (Å²) in [7, 11) is 4.32. The van der Waals surface area contributed by atoms with Crippen molar-refractivity contribution in [1.29, 1.82) is 0 Å². The van der Waals surface area contributed by atoms with Crippen LogP contribution < -0.4 is 21.7 Å². The SMILES string of the molecule is CCCN(CCC)C(=O)C[N+](C)(C)CCCCOc1cc(C(C)C)ccc1C.[Br-]. The molecule has 0 spiro atoms. The van der Waals surface area contributed by atoms with Crippen LogP contribution in [0.1, 0.15) is 70.4 Å². The van der Waals surface area contributed by atoms with Crippen molar-refractivity contribution in [2.24, 2.45) is 0 Å². The third-order valence-electron chi connectivity index (χ3n) is 5.20. The van der Waals surface area contributed by atoms with Gasteiger partial charge in [0.25, 0.3) is 5.91 Å². The van der Waals surface area contributed by atoms with Gasteiger partial charge in [0, 0.05) is 13.1 Å². The Morgan fingerprint density at radius 2 is 1.72 bits per heavy atom. The summed E-state index contributed by atoms with van der Waals surface area (Å²) < 4.78 is 6.78. The van der Waals surface area contributed by atoms with Gasteiger partial charge in [-0.15, -0.1) is 0 Å². The van der Waals surface area contributed by atoms with Crippen molar-refractivity contribution in [1.82, 2.24) is 4.90 Å². The van der Waals surface area contributed by atoms with E-state index in [2.05, 4.69) is 66.9 Å². The molecule has 0 atom stereocenters. The van der Waals surface area contributed by atoms with Crippen LogP contribution in [0.5, 0.6) is 5.75 Å². The largest absolute Gasteiger partial charge is 1.00 e. The molecule has 0 saturated carbocycles. The number of rotatable bonds is 13. The number of benzene rings is 1. The molecule has 0 fully saturated rings. The van der Waals surface area contributed by atoms with Gasteiger partial charge in [-0.25, -0.2) is 0 Å². The molecule has 5 heteroatoms. The Kier molecular flexibility index (Phi) is 13.5. The summed E-state index contributed by atoms with van der Waals surface area (Å²) in [5.41, 5.74) is 2.51. The van der Waals surface area contributed by atoms with Crippen molar-refractivity contribution in [3.8, 4) is 5.75 Å². The van der Waals surface area contributed by atoms with Crippen LogP contribution in [0.4, 0.5) is 0 Å². The van der Waals surface area contributed by atoms with Gasteiger partial charge in [-0.1, -0.05) is 39.8 Å². The summed E-state index contributed by atoms with van der Waals surface area (Å²) in [5, 5.41) is 0. The zero-order valence-corrected chi connectivity index (χ0v) is 21.3. The van der Waals surface area contributed by atoms with Crippen molar-refractivity contribution < 1.29 is 31.0 Å². The van der Waals surface area contributed by atoms with E-state index < -0.39 is 0 Å². The molecule has 0 aliphatic rings. The molecule has 0 unspecified atom stereocenters. The topological polar surface area (TPSA) is 29.5 Å². The highest BCUT2D eigenvalue weighted by molar-refractivity contribution is 5.77. The van der Waals surface area contributed by atoms with E-state index in [0.717, 1.165) is 62.2 Å². The van der Waals surface area contributed by atoms with Gasteiger partial charge < -0.3 is 31.1 Å². The smallest absolute Gasteiger partial charge is 0.277 e. The fourth-order valence-electron chi connectivity index (χ4n) is 3.40. The molecule has 0 saturated heterocycles. The van der Waals surface area contributed by atoms with Gasteiger partial charge in [0.15, 0.2) is 6.54 Å². The van der Waals surface area contributed by atoms with Crippen LogP contribution in [-0.2, 0) is 4.79 Å². The van der Waals surface area contributed by atoms with E-state index in [0.29, 0.717) is 12.5 Å². The van der Waals surface area contributed by atoms with Crippen LogP contribution in [0.3, 0.4) is 0 Å². The molecule has 4 nitrogen and oxygen atoms in total. The van der Waals surface area contributed by atoms with Gasteiger partial charge >= 0.3 is 0 Å². The number of amides is 1. The van der Waals surface area contributed by atoms with Crippen molar-refractivity contribution in [2.45, 2.75) is 66.2 Å². The Morgan fingerprint density at radius 1 is 1.10 bits per heavy atom. The second-order valence-electron chi connectivity index (χ2n) is 8.93. The molecule has 0 N–H and O–H groups in total. The van der Waals surface area contributed by atoms with E-state index in [1.165, 1.54) is 11.1 Å². The summed E-state index contributed by atoms with van der Waals surface area (Å²) in [6, 6.07) is 6.51. The summed E-state index contributed by atoms with van der Waals surface area (Å²) in [6.07, 6.45) is 4.11. The van der Waals surface area contributed by atoms with Gasteiger partial charge in [-0.2, -0.15) is 0 Å². The second kappa shape index (κ2) is 14.0. The fourth-order valence-corrected chi connectivity index (χ4v) is 3.40. The minimum Gasteiger partial charge on any atom is -1.00 e. The number of carbonyl (C=O) groups excluding carboxylic acids is 1. The van der Waals surface area contributed by atoms with Crippen molar-refractivity contribution in [3.63, 3.8) is 0 Å². The molecule has 0 aliphatic heterocycles. The van der Waals surface area contributed by atoms with E-state index in [-0.39, 0.29) is 22.9 Å². The molecule has 1 amide bonds. The third kappa shape index (κ3) is 10.5. The number of hydrogen-bond acceptors (Lipinski definition) is 2. The third-order valence-corrected chi connectivity index (χ3v) is 5.20. The van der Waals surface area contributed by atoms with E-state index in [9.17, 15) is 4.79 Å². The minimum absolute atomic E-state index is 0. The Balaban J connectivity index is 0.00000784. The predicted octanol–water partition coefficient (Wildman–Crippen LogP) is 2.01. The number of ether oxygens (including phenoxy) is 1. The van der Waals surface area contributed by atoms with Crippen LogP contribution in [0.15, 0.2) is 18.2 Å². The first-order valence-electron chi connectivity index (χ1n) is 11.0. The van der Waals surface area contributed by atoms with Crippen LogP contribution in [-0.4, -0.2) is 62.2 Å². The number of aryl methyl sites for hydroxylation is 1. The molecule has 0 radical (unpaired) electrons. The van der Waals surface area contributed by atoms with E-state index in [1.807, 2.05) is 4.90 Å². The number of hydrogen-bond donors (Lipinski definition) is 0. The van der Waals surface area contributed by atoms with Crippen LogP contribution in [0, 0.1) is 6.92 Å². The maximum Gasteiger partial charge on any atom is 0.277 e. The fraction of sp³-hybridized carbons (Fsp3) is 0.708. The van der Waals surface area contributed by atoms with Gasteiger partial charge in [-0.3, -0.25) is 4.79 Å². The zero-order valence-electron chi connectivity index (χ0n) is 19.8. The molecule has 0 aliphatic carbocycles. The van der Waals surface area contributed by atoms with Crippen molar-refractivity contribution >= 4 is 5.91 Å². The molecule has 1 aromatic rings. The number of likely N-dealkylation sites (N-methyl/N-ethyl adjacent to an activating group) is 1. The Labute approximate surface area is 190 Å². The average Bonchev–Trinajstić information content (AvgIpc) is 2.62. The van der Waals surface area contributed by atoms with E-state index >= 15 is 0 Å². The number of halogens is 1. The lowest BCUT2D eigenvalue weighted by Crippen LogP contribution is -3.00. The highest BCUT2D eigenvalue weighted by Crippen LogP contribution is 2.24. The molecular formula is C24H43BrN2O2. The first-order chi connectivity index (χ1) is 13.2. The van der Waals surface area contributed by atoms with Gasteiger partial charge in [0.05, 0.1) is 27.2 Å². The number of nitrogens with zero attached hydrogens (tertiary/aromatic N) is 2. The normalized spacial score (nSPS) is 11.3. The van der Waals surface area contributed by atoms with Gasteiger partial charge in [-0.05, 0) is 55.7 Å². The monoisotopic (exact) mass is 470 g/mol. The Hall–Kier alpha value is -1.07. The molecule has 0 bridgehead atoms. The maximum atomic E-state index is 12.6. The summed E-state index contributed by atoms with van der Waals surface area (Å²) in [5.74, 6) is 1.80. The Morgan fingerprint density at radius 3 is 2.28 bits per heavy atom. The second-order valence-corrected chi connectivity index (χ2v) is 8.93. The number of unbranched alkanes of at least 4 members (excludes halogenated alkanes) is 1. The first kappa shape index (κ1) is 27.9. The number of carbonyl (C=O) groups is 1. The molecule has 168 valence electrons. The first-order valence-corrected chi connectivity index (χ1v) is 11.0. The lowest BCUT2D eigenvalue weighted by atomic mass is 10.0. The maximum absolute atomic E-state index is 12.6. The van der Waals surface area contributed by atoms with Crippen molar-refractivity contribution in [3.05, 3.63) is 29.3 Å². The lowest BCUT2D eigenvalue weighted by Gasteiger charge is -2.32. The highest BCUT2D eigenvalue weighted by Gasteiger charge is 2.23. The van der Waals surface area contributed by atoms with Crippen LogP contribution >= 0.6 is 0 Å². The summed E-state index contributed by atoms with van der Waals surface area (Å²) in [6.45, 7) is 14.8. The summed E-state index contributed by atoms with van der Waals surface area (Å²) in [4.78, 5) is 14.6. The molecular weight excluding hydrogens is 428 g/mol. The van der Waals surface area contributed by atoms with Gasteiger partial charge in [0.1, 0.15) is 5.75 Å². The standard InChI is InChI=1S/C24H43N2O2.BrH/c1-8-14-25(15-9-2)24(27)19-26(6,7)16-10-11-17-28-23-18-22(20(3)4)13-12-21(23)5;/h12-13,18,20H,8-11,14-17,19H2,1-7H3;1H/q+1;/p-1. The van der Waals surface area contributed by atoms with Gasteiger partial charge in [0.2, 0.25) is 0 Å². The molecule has 1 rings (SSSR count). The van der Waals surface area contributed by atoms with Crippen molar-refractivity contribution in [2.75, 3.05) is 46.9 Å². The minimum atomic E-state index is 0.